The molecule has 0 unspecified atom stereocenters. The van der Waals surface area contributed by atoms with Crippen LogP contribution in [0.4, 0.5) is 5.69 Å². The average Bonchev–Trinajstić information content (AvgIpc) is 3.25. The number of rotatable bonds is 8. The van der Waals surface area contributed by atoms with Crippen molar-refractivity contribution in [2.75, 3.05) is 26.1 Å². The third-order valence-electron chi connectivity index (χ3n) is 4.80. The first-order valence-electron chi connectivity index (χ1n) is 10.1. The molecule has 7 heteroatoms. The van der Waals surface area contributed by atoms with E-state index in [2.05, 4.69) is 20.6 Å². The molecular formula is C22H30N4O3. The Kier molecular flexibility index (Phi) is 7.55. The molecule has 29 heavy (non-hydrogen) atoms. The Labute approximate surface area is 172 Å². The molecule has 0 bridgehead atoms. The lowest BCUT2D eigenvalue weighted by molar-refractivity contribution is 0.201. The zero-order valence-corrected chi connectivity index (χ0v) is 17.4. The predicted octanol–water partition coefficient (Wildman–Crippen LogP) is 4.00. The van der Waals surface area contributed by atoms with Crippen molar-refractivity contribution in [3.05, 3.63) is 42.1 Å². The van der Waals surface area contributed by atoms with Gasteiger partial charge in [-0.15, -0.1) is 0 Å². The van der Waals surface area contributed by atoms with Gasteiger partial charge in [0.2, 0.25) is 5.88 Å². The number of ether oxygens (including phenoxy) is 3. The van der Waals surface area contributed by atoms with Crippen molar-refractivity contribution in [1.29, 1.82) is 0 Å². The highest BCUT2D eigenvalue weighted by Gasteiger charge is 2.17. The Bertz CT molecular complexity index is 819. The van der Waals surface area contributed by atoms with E-state index in [0.29, 0.717) is 36.8 Å². The summed E-state index contributed by atoms with van der Waals surface area (Å²) in [5.74, 6) is 2.74. The second-order valence-corrected chi connectivity index (χ2v) is 6.88. The van der Waals surface area contributed by atoms with Gasteiger partial charge in [-0.1, -0.05) is 0 Å². The number of aromatic nitrogens is 1. The van der Waals surface area contributed by atoms with Crippen LogP contribution in [0.15, 0.2) is 41.5 Å². The molecule has 1 fully saturated rings. The standard InChI is InChI=1S/C22H30N4O3/c1-4-28-19-10-9-17(14-20(19)27-3)26-22(23-2)25-15-16-11-12-24-21(13-16)29-18-7-5-6-8-18/h9-14,18H,4-8,15H2,1-3H3,(H2,23,25,26). The van der Waals surface area contributed by atoms with Crippen LogP contribution in [0.5, 0.6) is 17.4 Å². The van der Waals surface area contributed by atoms with E-state index in [1.807, 2.05) is 37.3 Å². The monoisotopic (exact) mass is 398 g/mol. The molecule has 2 N–H and O–H groups in total. The van der Waals surface area contributed by atoms with E-state index in [4.69, 9.17) is 14.2 Å². The molecule has 0 amide bonds. The van der Waals surface area contributed by atoms with E-state index in [1.165, 1.54) is 12.8 Å². The van der Waals surface area contributed by atoms with E-state index in [1.54, 1.807) is 20.4 Å². The van der Waals surface area contributed by atoms with Crippen LogP contribution in [0.3, 0.4) is 0 Å². The second kappa shape index (κ2) is 10.5. The van der Waals surface area contributed by atoms with Gasteiger partial charge < -0.3 is 24.8 Å². The van der Waals surface area contributed by atoms with Crippen LogP contribution in [0.2, 0.25) is 0 Å². The Balaban J connectivity index is 1.58. The molecule has 0 radical (unpaired) electrons. The number of anilines is 1. The van der Waals surface area contributed by atoms with Gasteiger partial charge in [0.25, 0.3) is 0 Å². The lowest BCUT2D eigenvalue weighted by Crippen LogP contribution is -2.30. The van der Waals surface area contributed by atoms with Crippen LogP contribution in [-0.2, 0) is 6.54 Å². The maximum atomic E-state index is 5.99. The van der Waals surface area contributed by atoms with E-state index in [9.17, 15) is 0 Å². The number of methoxy groups -OCH3 is 1. The van der Waals surface area contributed by atoms with Crippen LogP contribution in [0.25, 0.3) is 0 Å². The number of nitrogens with one attached hydrogen (secondary N) is 2. The third kappa shape index (κ3) is 6.01. The molecule has 0 spiro atoms. The summed E-state index contributed by atoms with van der Waals surface area (Å²) in [6, 6.07) is 9.66. The summed E-state index contributed by atoms with van der Waals surface area (Å²) in [5.41, 5.74) is 1.94. The van der Waals surface area contributed by atoms with Crippen molar-refractivity contribution < 1.29 is 14.2 Å². The largest absolute Gasteiger partial charge is 0.493 e. The number of guanidine groups is 1. The molecule has 0 saturated heterocycles. The fourth-order valence-electron chi connectivity index (χ4n) is 3.32. The highest BCUT2D eigenvalue weighted by Crippen LogP contribution is 2.30. The van der Waals surface area contributed by atoms with Gasteiger partial charge in [-0.3, -0.25) is 4.99 Å². The van der Waals surface area contributed by atoms with Gasteiger partial charge in [-0.25, -0.2) is 4.98 Å². The minimum atomic E-state index is 0.301. The summed E-state index contributed by atoms with van der Waals surface area (Å²) in [6.07, 6.45) is 6.80. The smallest absolute Gasteiger partial charge is 0.213 e. The number of benzene rings is 1. The Morgan fingerprint density at radius 3 is 2.72 bits per heavy atom. The fourth-order valence-corrected chi connectivity index (χ4v) is 3.32. The van der Waals surface area contributed by atoms with Gasteiger partial charge in [0.15, 0.2) is 17.5 Å². The minimum Gasteiger partial charge on any atom is -0.493 e. The molecule has 3 rings (SSSR count). The molecule has 2 aromatic rings. The van der Waals surface area contributed by atoms with Crippen molar-refractivity contribution in [3.8, 4) is 17.4 Å². The van der Waals surface area contributed by atoms with E-state index in [0.717, 1.165) is 29.8 Å². The maximum Gasteiger partial charge on any atom is 0.213 e. The summed E-state index contributed by atoms with van der Waals surface area (Å²) in [4.78, 5) is 8.63. The lowest BCUT2D eigenvalue weighted by Gasteiger charge is -2.15. The van der Waals surface area contributed by atoms with Crippen LogP contribution in [-0.4, -0.2) is 37.8 Å². The van der Waals surface area contributed by atoms with Gasteiger partial charge in [-0.2, -0.15) is 0 Å². The zero-order chi connectivity index (χ0) is 20.5. The van der Waals surface area contributed by atoms with Gasteiger partial charge in [0.05, 0.1) is 13.7 Å². The quantitative estimate of drug-likeness (QED) is 0.517. The summed E-state index contributed by atoms with van der Waals surface area (Å²) < 4.78 is 17.0. The summed E-state index contributed by atoms with van der Waals surface area (Å²) in [7, 11) is 3.37. The normalized spacial score (nSPS) is 14.5. The number of hydrogen-bond acceptors (Lipinski definition) is 5. The first kappa shape index (κ1) is 20.8. The number of aliphatic imine (C=N–C) groups is 1. The molecule has 156 valence electrons. The molecule has 0 aliphatic heterocycles. The molecule has 1 saturated carbocycles. The minimum absolute atomic E-state index is 0.301. The van der Waals surface area contributed by atoms with Crippen molar-refractivity contribution >= 4 is 11.6 Å². The Morgan fingerprint density at radius 1 is 1.17 bits per heavy atom. The van der Waals surface area contributed by atoms with Crippen molar-refractivity contribution in [3.63, 3.8) is 0 Å². The topological polar surface area (TPSA) is 77.0 Å². The van der Waals surface area contributed by atoms with E-state index in [-0.39, 0.29) is 0 Å². The fraction of sp³-hybridized carbons (Fsp3) is 0.455. The molecule has 1 aromatic heterocycles. The predicted molar refractivity (Wildman–Crippen MR) is 115 cm³/mol. The first-order chi connectivity index (χ1) is 14.2. The Hall–Kier alpha value is -2.96. The van der Waals surface area contributed by atoms with Gasteiger partial charge in [0, 0.05) is 37.6 Å². The highest BCUT2D eigenvalue weighted by atomic mass is 16.5. The van der Waals surface area contributed by atoms with Crippen LogP contribution in [0, 0.1) is 0 Å². The van der Waals surface area contributed by atoms with Gasteiger partial charge in [-0.05, 0) is 56.4 Å². The highest BCUT2D eigenvalue weighted by molar-refractivity contribution is 5.93. The van der Waals surface area contributed by atoms with Crippen LogP contribution >= 0.6 is 0 Å². The number of pyridine rings is 1. The maximum absolute atomic E-state index is 5.99. The van der Waals surface area contributed by atoms with Gasteiger partial charge in [0.1, 0.15) is 6.10 Å². The molecule has 1 aliphatic rings. The molecule has 1 heterocycles. The summed E-state index contributed by atoms with van der Waals surface area (Å²) in [6.45, 7) is 3.14. The van der Waals surface area contributed by atoms with Crippen LogP contribution < -0.4 is 24.8 Å². The number of hydrogen-bond donors (Lipinski definition) is 2. The zero-order valence-electron chi connectivity index (χ0n) is 17.4. The molecule has 0 atom stereocenters. The van der Waals surface area contributed by atoms with Crippen molar-refractivity contribution in [2.24, 2.45) is 4.99 Å². The lowest BCUT2D eigenvalue weighted by atomic mass is 10.2. The first-order valence-corrected chi connectivity index (χ1v) is 10.1. The van der Waals surface area contributed by atoms with E-state index >= 15 is 0 Å². The van der Waals surface area contributed by atoms with Crippen molar-refractivity contribution in [1.82, 2.24) is 10.3 Å². The molecule has 1 aromatic carbocycles. The SMILES string of the molecule is CCOc1ccc(NC(=NC)NCc2ccnc(OC3CCCC3)c2)cc1OC. The molecule has 1 aliphatic carbocycles. The number of nitrogens with zero attached hydrogens (tertiary/aromatic N) is 2. The summed E-state index contributed by atoms with van der Waals surface area (Å²) in [5, 5.41) is 6.59. The van der Waals surface area contributed by atoms with Gasteiger partial charge >= 0.3 is 0 Å². The summed E-state index contributed by atoms with van der Waals surface area (Å²) >= 11 is 0. The van der Waals surface area contributed by atoms with Crippen LogP contribution in [0.1, 0.15) is 38.2 Å². The third-order valence-corrected chi connectivity index (χ3v) is 4.80. The Morgan fingerprint density at radius 2 is 2.00 bits per heavy atom. The average molecular weight is 399 g/mol. The van der Waals surface area contributed by atoms with Crippen molar-refractivity contribution in [2.45, 2.75) is 45.3 Å². The molecule has 7 nitrogen and oxygen atoms in total. The van der Waals surface area contributed by atoms with E-state index < -0.39 is 0 Å². The second-order valence-electron chi connectivity index (χ2n) is 6.88. The molecular weight excluding hydrogens is 368 g/mol.